The maximum atomic E-state index is 11.9. The second-order valence-corrected chi connectivity index (χ2v) is 4.73. The lowest BCUT2D eigenvalue weighted by molar-refractivity contribution is -0.276. The molecule has 1 aliphatic rings. The fourth-order valence-corrected chi connectivity index (χ4v) is 2.12. The van der Waals surface area contributed by atoms with Crippen LogP contribution in [0.15, 0.2) is 18.3 Å². The third-order valence-corrected chi connectivity index (χ3v) is 3.10. The third-order valence-electron chi connectivity index (χ3n) is 3.10. The monoisotopic (exact) mass is 245 g/mol. The summed E-state index contributed by atoms with van der Waals surface area (Å²) in [5, 5.41) is 0. The van der Waals surface area contributed by atoms with Gasteiger partial charge in [0.2, 0.25) is 5.88 Å². The van der Waals surface area contributed by atoms with Crippen molar-refractivity contribution in [1.82, 2.24) is 4.98 Å². The molecule has 0 N–H and O–H groups in total. The summed E-state index contributed by atoms with van der Waals surface area (Å²) < 4.78 is 39.5. The van der Waals surface area contributed by atoms with Crippen LogP contribution < -0.4 is 4.74 Å². The lowest BCUT2D eigenvalue weighted by Crippen LogP contribution is -2.17. The molecule has 1 aromatic rings. The minimum Gasteiger partial charge on any atom is -0.388 e. The van der Waals surface area contributed by atoms with E-state index in [1.54, 1.807) is 6.07 Å². The van der Waals surface area contributed by atoms with Gasteiger partial charge in [-0.05, 0) is 29.7 Å². The van der Waals surface area contributed by atoms with Gasteiger partial charge < -0.3 is 4.74 Å². The van der Waals surface area contributed by atoms with Crippen LogP contribution in [0.1, 0.15) is 31.7 Å². The standard InChI is InChI=1S/C12H14F3NO/c1-7(2)9-5-10(9)8-3-4-11(16-6-8)17-12(13,14)15/h3-4,6-7,9-10H,5H2,1-2H3/t9-,10-/m1/s1. The quantitative estimate of drug-likeness (QED) is 0.809. The Morgan fingerprint density at radius 1 is 1.35 bits per heavy atom. The Kier molecular flexibility index (Phi) is 3.02. The fraction of sp³-hybridized carbons (Fsp3) is 0.583. The number of rotatable bonds is 3. The van der Waals surface area contributed by atoms with E-state index in [2.05, 4.69) is 23.6 Å². The Hall–Kier alpha value is -1.26. The summed E-state index contributed by atoms with van der Waals surface area (Å²) in [5.41, 5.74) is 0.998. The van der Waals surface area contributed by atoms with Gasteiger partial charge in [-0.25, -0.2) is 4.98 Å². The molecule has 0 amide bonds. The van der Waals surface area contributed by atoms with Crippen molar-refractivity contribution >= 4 is 0 Å². The van der Waals surface area contributed by atoms with Crippen LogP contribution >= 0.6 is 0 Å². The number of hydrogen-bond acceptors (Lipinski definition) is 2. The molecule has 0 bridgehead atoms. The molecule has 0 aliphatic heterocycles. The van der Waals surface area contributed by atoms with Gasteiger partial charge in [0.1, 0.15) is 0 Å². The van der Waals surface area contributed by atoms with Crippen molar-refractivity contribution in [3.63, 3.8) is 0 Å². The topological polar surface area (TPSA) is 22.1 Å². The largest absolute Gasteiger partial charge is 0.574 e. The van der Waals surface area contributed by atoms with Gasteiger partial charge in [0.05, 0.1) is 0 Å². The van der Waals surface area contributed by atoms with E-state index >= 15 is 0 Å². The van der Waals surface area contributed by atoms with Crippen LogP contribution in [0.5, 0.6) is 5.88 Å². The molecule has 0 aromatic carbocycles. The predicted octanol–water partition coefficient (Wildman–Crippen LogP) is 3.74. The average Bonchev–Trinajstić information content (AvgIpc) is 2.96. The summed E-state index contributed by atoms with van der Waals surface area (Å²) in [6.45, 7) is 4.30. The van der Waals surface area contributed by atoms with Gasteiger partial charge in [0, 0.05) is 12.3 Å². The SMILES string of the molecule is CC(C)[C@H]1C[C@@H]1c1ccc(OC(F)(F)F)nc1. The Balaban J connectivity index is 2.00. The first-order chi connectivity index (χ1) is 7.87. The first-order valence-corrected chi connectivity index (χ1v) is 5.58. The van der Waals surface area contributed by atoms with E-state index in [1.807, 2.05) is 0 Å². The molecule has 2 nitrogen and oxygen atoms in total. The Labute approximate surface area is 97.8 Å². The number of nitrogens with zero attached hydrogens (tertiary/aromatic N) is 1. The molecule has 2 rings (SSSR count). The van der Waals surface area contributed by atoms with E-state index in [1.165, 1.54) is 12.3 Å². The normalized spacial score (nSPS) is 23.9. The predicted molar refractivity (Wildman–Crippen MR) is 56.6 cm³/mol. The highest BCUT2D eigenvalue weighted by Gasteiger charge is 2.40. The van der Waals surface area contributed by atoms with Crippen molar-refractivity contribution in [1.29, 1.82) is 0 Å². The van der Waals surface area contributed by atoms with Gasteiger partial charge >= 0.3 is 6.36 Å². The average molecular weight is 245 g/mol. The second kappa shape index (κ2) is 4.20. The molecule has 0 spiro atoms. The molecule has 1 fully saturated rings. The van der Waals surface area contributed by atoms with Gasteiger partial charge in [-0.2, -0.15) is 0 Å². The van der Waals surface area contributed by atoms with Crippen LogP contribution in [-0.2, 0) is 0 Å². The summed E-state index contributed by atoms with van der Waals surface area (Å²) in [7, 11) is 0. The summed E-state index contributed by atoms with van der Waals surface area (Å²) >= 11 is 0. The van der Waals surface area contributed by atoms with Crippen LogP contribution in [0.25, 0.3) is 0 Å². The zero-order valence-electron chi connectivity index (χ0n) is 9.66. The van der Waals surface area contributed by atoms with E-state index < -0.39 is 12.2 Å². The highest BCUT2D eigenvalue weighted by atomic mass is 19.4. The van der Waals surface area contributed by atoms with Crippen LogP contribution in [0.3, 0.4) is 0 Å². The summed E-state index contributed by atoms with van der Waals surface area (Å²) in [6, 6.07) is 2.94. The molecule has 0 saturated heterocycles. The molecule has 1 aliphatic carbocycles. The molecule has 0 unspecified atom stereocenters. The first-order valence-electron chi connectivity index (χ1n) is 5.58. The molecule has 94 valence electrons. The Bertz CT molecular complexity index is 386. The van der Waals surface area contributed by atoms with E-state index in [0.717, 1.165) is 12.0 Å². The summed E-state index contributed by atoms with van der Waals surface area (Å²) in [6.07, 6.45) is -2.10. The maximum Gasteiger partial charge on any atom is 0.574 e. The van der Waals surface area contributed by atoms with Gasteiger partial charge in [-0.3, -0.25) is 0 Å². The number of alkyl halides is 3. The summed E-state index contributed by atoms with van der Waals surface area (Å²) in [5.74, 6) is 1.28. The van der Waals surface area contributed by atoms with Gasteiger partial charge in [0.25, 0.3) is 0 Å². The van der Waals surface area contributed by atoms with Crippen molar-refractivity contribution in [2.45, 2.75) is 32.5 Å². The first kappa shape index (κ1) is 12.2. The molecule has 1 heterocycles. The van der Waals surface area contributed by atoms with E-state index in [0.29, 0.717) is 17.8 Å². The molecule has 1 aromatic heterocycles. The minimum atomic E-state index is -4.67. The Morgan fingerprint density at radius 3 is 2.47 bits per heavy atom. The maximum absolute atomic E-state index is 11.9. The molecule has 17 heavy (non-hydrogen) atoms. The number of aromatic nitrogens is 1. The number of halogens is 3. The minimum absolute atomic E-state index is 0.400. The number of ether oxygens (including phenoxy) is 1. The molecule has 2 atom stereocenters. The van der Waals surface area contributed by atoms with Crippen molar-refractivity contribution in [3.8, 4) is 5.88 Å². The van der Waals surface area contributed by atoms with Gasteiger partial charge in [-0.15, -0.1) is 13.2 Å². The van der Waals surface area contributed by atoms with Crippen LogP contribution in [-0.4, -0.2) is 11.3 Å². The van der Waals surface area contributed by atoms with E-state index in [4.69, 9.17) is 0 Å². The molecule has 5 heteroatoms. The van der Waals surface area contributed by atoms with Crippen molar-refractivity contribution < 1.29 is 17.9 Å². The zero-order chi connectivity index (χ0) is 12.6. The zero-order valence-corrected chi connectivity index (χ0v) is 9.66. The van der Waals surface area contributed by atoms with Crippen molar-refractivity contribution in [2.75, 3.05) is 0 Å². The van der Waals surface area contributed by atoms with Crippen molar-refractivity contribution in [2.24, 2.45) is 11.8 Å². The van der Waals surface area contributed by atoms with E-state index in [-0.39, 0.29) is 0 Å². The van der Waals surface area contributed by atoms with Crippen molar-refractivity contribution in [3.05, 3.63) is 23.9 Å². The molecular formula is C12H14F3NO. The highest BCUT2D eigenvalue weighted by molar-refractivity contribution is 5.26. The molecule has 1 saturated carbocycles. The fourth-order valence-electron chi connectivity index (χ4n) is 2.12. The number of hydrogen-bond donors (Lipinski definition) is 0. The van der Waals surface area contributed by atoms with E-state index in [9.17, 15) is 13.2 Å². The lowest BCUT2D eigenvalue weighted by Gasteiger charge is -2.08. The smallest absolute Gasteiger partial charge is 0.388 e. The Morgan fingerprint density at radius 2 is 2.06 bits per heavy atom. The van der Waals surface area contributed by atoms with Crippen LogP contribution in [0.4, 0.5) is 13.2 Å². The van der Waals surface area contributed by atoms with Gasteiger partial charge in [0.15, 0.2) is 0 Å². The highest BCUT2D eigenvalue weighted by Crippen LogP contribution is 2.51. The number of pyridine rings is 1. The van der Waals surface area contributed by atoms with Crippen LogP contribution in [0, 0.1) is 11.8 Å². The second-order valence-electron chi connectivity index (χ2n) is 4.73. The summed E-state index contributed by atoms with van der Waals surface area (Å²) in [4.78, 5) is 3.68. The lowest BCUT2D eigenvalue weighted by atomic mass is 10.0. The third kappa shape index (κ3) is 3.11. The van der Waals surface area contributed by atoms with Gasteiger partial charge in [-0.1, -0.05) is 19.9 Å². The molecular weight excluding hydrogens is 231 g/mol. The molecule has 0 radical (unpaired) electrons. The van der Waals surface area contributed by atoms with Crippen LogP contribution in [0.2, 0.25) is 0 Å².